The summed E-state index contributed by atoms with van der Waals surface area (Å²) in [5.41, 5.74) is 8.78. The van der Waals surface area contributed by atoms with Gasteiger partial charge in [0.1, 0.15) is 5.75 Å². The summed E-state index contributed by atoms with van der Waals surface area (Å²) in [7, 11) is 2.15. The first-order valence-corrected chi connectivity index (χ1v) is 7.00. The molecule has 1 aromatic carbocycles. The topological polar surface area (TPSA) is 49.5 Å². The van der Waals surface area contributed by atoms with Crippen LogP contribution in [0.15, 0.2) is 18.2 Å². The molecule has 0 bridgehead atoms. The predicted octanol–water partition coefficient (Wildman–Crippen LogP) is 2.79. The van der Waals surface area contributed by atoms with Crippen LogP contribution in [0.2, 0.25) is 0 Å². The summed E-state index contributed by atoms with van der Waals surface area (Å²) in [4.78, 5) is 2.34. The molecule has 0 spiro atoms. The highest BCUT2D eigenvalue weighted by Gasteiger charge is 2.38. The van der Waals surface area contributed by atoms with E-state index >= 15 is 0 Å². The molecule has 1 aliphatic heterocycles. The number of benzene rings is 1. The molecular formula is C15H22N2O. The maximum atomic E-state index is 9.68. The Morgan fingerprint density at radius 1 is 1.22 bits per heavy atom. The lowest BCUT2D eigenvalue weighted by molar-refractivity contribution is 0.310. The number of fused-ring (bicyclic) bond motifs is 2. The van der Waals surface area contributed by atoms with Crippen molar-refractivity contribution in [3.05, 3.63) is 23.8 Å². The van der Waals surface area contributed by atoms with Gasteiger partial charge in [-0.1, -0.05) is 25.3 Å². The van der Waals surface area contributed by atoms with Gasteiger partial charge < -0.3 is 15.7 Å². The Bertz CT molecular complexity index is 446. The van der Waals surface area contributed by atoms with E-state index in [0.29, 0.717) is 17.7 Å². The third-order valence-corrected chi connectivity index (χ3v) is 4.74. The monoisotopic (exact) mass is 246 g/mol. The van der Waals surface area contributed by atoms with E-state index in [0.717, 1.165) is 5.69 Å². The highest BCUT2D eigenvalue weighted by atomic mass is 16.3. The van der Waals surface area contributed by atoms with Gasteiger partial charge in [0.05, 0.1) is 0 Å². The second-order valence-electron chi connectivity index (χ2n) is 5.75. The molecule has 3 rings (SSSR count). The van der Waals surface area contributed by atoms with Crippen molar-refractivity contribution in [1.29, 1.82) is 0 Å². The molecule has 3 N–H and O–H groups in total. The van der Waals surface area contributed by atoms with E-state index in [1.165, 1.54) is 37.7 Å². The fraction of sp³-hybridized carbons (Fsp3) is 0.600. The second-order valence-corrected chi connectivity index (χ2v) is 5.75. The summed E-state index contributed by atoms with van der Waals surface area (Å²) in [6, 6.07) is 6.27. The fourth-order valence-corrected chi connectivity index (χ4v) is 3.75. The largest absolute Gasteiger partial charge is 0.508 e. The lowest BCUT2D eigenvalue weighted by Gasteiger charge is -2.44. The smallest absolute Gasteiger partial charge is 0.117 e. The number of nitrogens with two attached hydrogens (primary N) is 1. The molecule has 3 heteroatoms. The van der Waals surface area contributed by atoms with Crippen LogP contribution in [0.1, 0.15) is 43.7 Å². The molecule has 0 amide bonds. The van der Waals surface area contributed by atoms with Crippen molar-refractivity contribution >= 4 is 5.69 Å². The molecule has 1 saturated carbocycles. The van der Waals surface area contributed by atoms with Gasteiger partial charge in [0, 0.05) is 30.9 Å². The van der Waals surface area contributed by atoms with Gasteiger partial charge in [-0.2, -0.15) is 0 Å². The van der Waals surface area contributed by atoms with Crippen LogP contribution in [0, 0.1) is 5.92 Å². The normalized spacial score (nSPS) is 31.4. The van der Waals surface area contributed by atoms with Crippen LogP contribution in [-0.2, 0) is 0 Å². The molecule has 1 aromatic rings. The first-order chi connectivity index (χ1) is 8.68. The van der Waals surface area contributed by atoms with E-state index in [4.69, 9.17) is 5.73 Å². The van der Waals surface area contributed by atoms with Crippen LogP contribution in [0.25, 0.3) is 0 Å². The molecule has 0 aromatic heterocycles. The van der Waals surface area contributed by atoms with Gasteiger partial charge in [-0.15, -0.1) is 0 Å². The van der Waals surface area contributed by atoms with Crippen molar-refractivity contribution in [3.63, 3.8) is 0 Å². The quantitative estimate of drug-likeness (QED) is 0.740. The predicted molar refractivity (Wildman–Crippen MR) is 73.8 cm³/mol. The average molecular weight is 246 g/mol. The van der Waals surface area contributed by atoms with Crippen LogP contribution in [-0.4, -0.2) is 18.2 Å². The second kappa shape index (κ2) is 4.47. The van der Waals surface area contributed by atoms with Crippen LogP contribution < -0.4 is 10.6 Å². The Hall–Kier alpha value is -1.22. The van der Waals surface area contributed by atoms with E-state index in [2.05, 4.69) is 11.9 Å². The average Bonchev–Trinajstić information content (AvgIpc) is 2.61. The van der Waals surface area contributed by atoms with Crippen LogP contribution >= 0.6 is 0 Å². The summed E-state index contributed by atoms with van der Waals surface area (Å²) >= 11 is 0. The number of anilines is 1. The maximum Gasteiger partial charge on any atom is 0.117 e. The van der Waals surface area contributed by atoms with E-state index < -0.39 is 0 Å². The van der Waals surface area contributed by atoms with Gasteiger partial charge in [0.2, 0.25) is 0 Å². The summed E-state index contributed by atoms with van der Waals surface area (Å²) in [6.07, 6.45) is 6.39. The molecule has 18 heavy (non-hydrogen) atoms. The first kappa shape index (κ1) is 11.8. The zero-order valence-corrected chi connectivity index (χ0v) is 11.0. The SMILES string of the molecule is CN1c2cc(O)ccc2C(N)C2CCCCCC21. The Kier molecular flexibility index (Phi) is 2.94. The molecule has 3 unspecified atom stereocenters. The Balaban J connectivity index is 2.04. The van der Waals surface area contributed by atoms with Gasteiger partial charge in [0.15, 0.2) is 0 Å². The molecule has 0 radical (unpaired) electrons. The van der Waals surface area contributed by atoms with Crippen molar-refractivity contribution in [2.24, 2.45) is 11.7 Å². The van der Waals surface area contributed by atoms with Gasteiger partial charge in [-0.25, -0.2) is 0 Å². The Morgan fingerprint density at radius 3 is 2.83 bits per heavy atom. The van der Waals surface area contributed by atoms with Gasteiger partial charge >= 0.3 is 0 Å². The van der Waals surface area contributed by atoms with Gasteiger partial charge in [0.25, 0.3) is 0 Å². The van der Waals surface area contributed by atoms with Crippen LogP contribution in [0.4, 0.5) is 5.69 Å². The minimum absolute atomic E-state index is 0.125. The van der Waals surface area contributed by atoms with Crippen molar-refractivity contribution in [2.45, 2.75) is 44.2 Å². The van der Waals surface area contributed by atoms with E-state index in [-0.39, 0.29) is 6.04 Å². The standard InChI is InChI=1S/C15H22N2O/c1-17-13-6-4-2-3-5-11(13)15(16)12-8-7-10(18)9-14(12)17/h7-9,11,13,15,18H,2-6,16H2,1H3. The zero-order valence-electron chi connectivity index (χ0n) is 11.0. The molecule has 0 saturated heterocycles. The molecule has 2 aliphatic rings. The molecule has 1 fully saturated rings. The maximum absolute atomic E-state index is 9.68. The van der Waals surface area contributed by atoms with Crippen LogP contribution in [0.5, 0.6) is 5.75 Å². The van der Waals surface area contributed by atoms with E-state index in [9.17, 15) is 5.11 Å². The first-order valence-electron chi connectivity index (χ1n) is 7.00. The molecule has 3 atom stereocenters. The molecule has 3 nitrogen and oxygen atoms in total. The summed E-state index contributed by atoms with van der Waals surface area (Å²) in [5.74, 6) is 0.898. The number of nitrogens with zero attached hydrogens (tertiary/aromatic N) is 1. The Labute approximate surface area is 109 Å². The van der Waals surface area contributed by atoms with Crippen LogP contribution in [0.3, 0.4) is 0 Å². The molecule has 98 valence electrons. The minimum Gasteiger partial charge on any atom is -0.508 e. The summed E-state index contributed by atoms with van der Waals surface area (Å²) in [6.45, 7) is 0. The van der Waals surface area contributed by atoms with Gasteiger partial charge in [-0.3, -0.25) is 0 Å². The van der Waals surface area contributed by atoms with Crippen molar-refractivity contribution in [1.82, 2.24) is 0 Å². The lowest BCUT2D eigenvalue weighted by Crippen LogP contribution is -2.46. The number of phenols is 1. The fourth-order valence-electron chi connectivity index (χ4n) is 3.75. The van der Waals surface area contributed by atoms with E-state index in [1.807, 2.05) is 12.1 Å². The van der Waals surface area contributed by atoms with Crippen molar-refractivity contribution in [2.75, 3.05) is 11.9 Å². The number of hydrogen-bond donors (Lipinski definition) is 2. The third kappa shape index (κ3) is 1.77. The molecule has 1 aliphatic carbocycles. The zero-order chi connectivity index (χ0) is 12.7. The summed E-state index contributed by atoms with van der Waals surface area (Å²) < 4.78 is 0. The van der Waals surface area contributed by atoms with Gasteiger partial charge in [-0.05, 0) is 30.4 Å². The minimum atomic E-state index is 0.125. The lowest BCUT2D eigenvalue weighted by atomic mass is 9.79. The number of aromatic hydroxyl groups is 1. The van der Waals surface area contributed by atoms with Crippen molar-refractivity contribution < 1.29 is 5.11 Å². The number of rotatable bonds is 0. The Morgan fingerprint density at radius 2 is 2.00 bits per heavy atom. The highest BCUT2D eigenvalue weighted by molar-refractivity contribution is 5.60. The molecular weight excluding hydrogens is 224 g/mol. The van der Waals surface area contributed by atoms with Crippen molar-refractivity contribution in [3.8, 4) is 5.75 Å². The van der Waals surface area contributed by atoms with E-state index in [1.54, 1.807) is 6.07 Å². The summed E-state index contributed by atoms with van der Waals surface area (Å²) in [5, 5.41) is 9.68. The highest BCUT2D eigenvalue weighted by Crippen LogP contribution is 2.44. The molecule has 1 heterocycles. The third-order valence-electron chi connectivity index (χ3n) is 4.74. The number of hydrogen-bond acceptors (Lipinski definition) is 3. The number of phenolic OH excluding ortho intramolecular Hbond substituents is 1.